The van der Waals surface area contributed by atoms with E-state index < -0.39 is 0 Å². The second kappa shape index (κ2) is 8.26. The Bertz CT molecular complexity index is 321. The van der Waals surface area contributed by atoms with Gasteiger partial charge in [-0.1, -0.05) is 43.9 Å². The van der Waals surface area contributed by atoms with Gasteiger partial charge in [-0.15, -0.1) is 11.6 Å². The van der Waals surface area contributed by atoms with Crippen molar-refractivity contribution >= 4 is 6.08 Å². The summed E-state index contributed by atoms with van der Waals surface area (Å²) in [4.78, 5) is 0. The number of halogens is 2. The van der Waals surface area contributed by atoms with Crippen LogP contribution < -0.4 is 48.0 Å². The Morgan fingerprint density at radius 1 is 1.13 bits per heavy atom. The van der Waals surface area contributed by atoms with E-state index in [1.165, 1.54) is 11.1 Å². The van der Waals surface area contributed by atoms with Gasteiger partial charge in [0.1, 0.15) is 0 Å². The average Bonchev–Trinajstić information content (AvgIpc) is 2.47. The van der Waals surface area contributed by atoms with Crippen LogP contribution in [0.3, 0.4) is 0 Å². The van der Waals surface area contributed by atoms with Crippen LogP contribution in [0.1, 0.15) is 30.9 Å². The number of fused-ring (bicyclic) bond motifs is 1. The number of hydrogen-bond acceptors (Lipinski definition) is 0. The predicted octanol–water partition coefficient (Wildman–Crippen LogP) is -2.74. The molecular formula is C12H13I2Ti. The molecule has 0 aliphatic heterocycles. The third kappa shape index (κ3) is 4.13. The molecule has 15 heavy (non-hydrogen) atoms. The van der Waals surface area contributed by atoms with Crippen molar-refractivity contribution in [2.24, 2.45) is 5.92 Å². The first-order valence-corrected chi connectivity index (χ1v) is 4.47. The first-order valence-electron chi connectivity index (χ1n) is 4.47. The maximum atomic E-state index is 3.40. The smallest absolute Gasteiger partial charge is 1.00 e. The second-order valence-electron chi connectivity index (χ2n) is 3.66. The van der Waals surface area contributed by atoms with Gasteiger partial charge in [0.15, 0.2) is 0 Å². The molecule has 0 fully saturated rings. The van der Waals surface area contributed by atoms with Crippen molar-refractivity contribution < 1.29 is 69.7 Å². The zero-order chi connectivity index (χ0) is 8.55. The first kappa shape index (κ1) is 18.5. The molecule has 1 aliphatic rings. The molecule has 79 valence electrons. The van der Waals surface area contributed by atoms with Crippen LogP contribution >= 0.6 is 0 Å². The summed E-state index contributed by atoms with van der Waals surface area (Å²) in [6.45, 7) is 4.49. The van der Waals surface area contributed by atoms with E-state index in [1.54, 1.807) is 0 Å². The van der Waals surface area contributed by atoms with E-state index >= 15 is 0 Å². The zero-order valence-electron chi connectivity index (χ0n) is 8.80. The summed E-state index contributed by atoms with van der Waals surface area (Å²) < 4.78 is 0. The maximum Gasteiger partial charge on any atom is 3.00 e. The van der Waals surface area contributed by atoms with Gasteiger partial charge in [-0.2, -0.15) is 5.56 Å². The molecule has 0 saturated carbocycles. The summed E-state index contributed by atoms with van der Waals surface area (Å²) in [7, 11) is 0. The van der Waals surface area contributed by atoms with Gasteiger partial charge in [-0.05, 0) is 0 Å². The molecule has 0 aromatic heterocycles. The molecular weight excluding hydrogens is 446 g/mol. The second-order valence-corrected chi connectivity index (χ2v) is 3.66. The van der Waals surface area contributed by atoms with Gasteiger partial charge in [0.2, 0.25) is 0 Å². The molecule has 1 radical (unpaired) electrons. The van der Waals surface area contributed by atoms with Crippen LogP contribution in [-0.2, 0) is 21.7 Å². The fourth-order valence-electron chi connectivity index (χ4n) is 1.75. The van der Waals surface area contributed by atoms with Gasteiger partial charge < -0.3 is 48.0 Å². The first-order chi connectivity index (χ1) is 5.79. The zero-order valence-corrected chi connectivity index (χ0v) is 14.7. The Labute approximate surface area is 141 Å². The third-order valence-electron chi connectivity index (χ3n) is 2.42. The Balaban J connectivity index is 0. The van der Waals surface area contributed by atoms with Crippen LogP contribution in [0.15, 0.2) is 24.3 Å². The Hall–Kier alpha value is 1.13. The molecule has 1 unspecified atom stereocenters. The minimum Gasteiger partial charge on any atom is -1.00 e. The van der Waals surface area contributed by atoms with Gasteiger partial charge in [0, 0.05) is 0 Å². The van der Waals surface area contributed by atoms with Crippen LogP contribution in [0.4, 0.5) is 0 Å². The molecule has 0 bridgehead atoms. The van der Waals surface area contributed by atoms with Crippen LogP contribution in [-0.4, -0.2) is 0 Å². The molecule has 3 heteroatoms. The topological polar surface area (TPSA) is 0 Å². The van der Waals surface area contributed by atoms with E-state index in [1.807, 2.05) is 0 Å². The van der Waals surface area contributed by atoms with Crippen LogP contribution in [0, 0.1) is 12.0 Å². The molecule has 1 aromatic carbocycles. The average molecular weight is 459 g/mol. The summed E-state index contributed by atoms with van der Waals surface area (Å²) in [6, 6.07) is 8.55. The van der Waals surface area contributed by atoms with Crippen molar-refractivity contribution in [3.63, 3.8) is 0 Å². The summed E-state index contributed by atoms with van der Waals surface area (Å²) in [5.41, 5.74) is 2.78. The van der Waals surface area contributed by atoms with Crippen LogP contribution in [0.5, 0.6) is 0 Å². The summed E-state index contributed by atoms with van der Waals surface area (Å²) in [5, 5.41) is 0. The number of hydrogen-bond donors (Lipinski definition) is 0. The van der Waals surface area contributed by atoms with E-state index in [-0.39, 0.29) is 69.7 Å². The largest absolute Gasteiger partial charge is 3.00 e. The van der Waals surface area contributed by atoms with Gasteiger partial charge in [-0.25, -0.2) is 6.08 Å². The standard InChI is InChI=1S/C12H13.2HI.Ti/c1-9(2)11-8-7-10-5-3-4-6-12(10)11;;;/h3-7,9,11H,1-2H3;2*1H;/q-1;;;+3/p-2. The Morgan fingerprint density at radius 3 is 2.33 bits per heavy atom. The van der Waals surface area contributed by atoms with Crippen molar-refractivity contribution in [2.75, 3.05) is 0 Å². The van der Waals surface area contributed by atoms with Crippen molar-refractivity contribution in [1.82, 2.24) is 0 Å². The molecule has 0 heterocycles. The maximum absolute atomic E-state index is 3.40. The number of benzene rings is 1. The van der Waals surface area contributed by atoms with Crippen LogP contribution in [0.25, 0.3) is 6.08 Å². The van der Waals surface area contributed by atoms with Gasteiger partial charge >= 0.3 is 21.7 Å². The molecule has 1 aromatic rings. The van der Waals surface area contributed by atoms with Crippen molar-refractivity contribution in [3.8, 4) is 0 Å². The third-order valence-corrected chi connectivity index (χ3v) is 2.42. The minimum atomic E-state index is 0. The van der Waals surface area contributed by atoms with E-state index in [0.717, 1.165) is 0 Å². The monoisotopic (exact) mass is 459 g/mol. The van der Waals surface area contributed by atoms with E-state index in [0.29, 0.717) is 11.8 Å². The van der Waals surface area contributed by atoms with Gasteiger partial charge in [-0.3, -0.25) is 6.08 Å². The molecule has 0 amide bonds. The number of rotatable bonds is 1. The molecule has 1 aliphatic carbocycles. The predicted molar refractivity (Wildman–Crippen MR) is 51.7 cm³/mol. The van der Waals surface area contributed by atoms with Crippen molar-refractivity contribution in [1.29, 1.82) is 0 Å². The fourth-order valence-corrected chi connectivity index (χ4v) is 1.75. The molecule has 2 rings (SSSR count). The summed E-state index contributed by atoms with van der Waals surface area (Å²) in [6.07, 6.45) is 5.51. The fraction of sp³-hybridized carbons (Fsp3) is 0.333. The Kier molecular flexibility index (Phi) is 10.2. The van der Waals surface area contributed by atoms with Crippen molar-refractivity contribution in [3.05, 3.63) is 41.5 Å². The molecule has 0 saturated heterocycles. The van der Waals surface area contributed by atoms with Crippen LogP contribution in [0.2, 0.25) is 0 Å². The Morgan fingerprint density at radius 2 is 1.73 bits per heavy atom. The molecule has 1 atom stereocenters. The summed E-state index contributed by atoms with van der Waals surface area (Å²) >= 11 is 0. The van der Waals surface area contributed by atoms with E-state index in [2.05, 4.69) is 50.3 Å². The number of allylic oxidation sites excluding steroid dienone is 1. The van der Waals surface area contributed by atoms with Gasteiger partial charge in [0.25, 0.3) is 0 Å². The van der Waals surface area contributed by atoms with Crippen molar-refractivity contribution in [2.45, 2.75) is 19.8 Å². The molecule has 0 spiro atoms. The van der Waals surface area contributed by atoms with E-state index in [9.17, 15) is 0 Å². The molecule has 0 nitrogen and oxygen atoms in total. The quantitative estimate of drug-likeness (QED) is 0.243. The summed E-state index contributed by atoms with van der Waals surface area (Å²) in [5.74, 6) is 1.17. The molecule has 0 N–H and O–H groups in total. The SMILES string of the molecule is CC(C)C1[C-]=Cc2ccccc21.[I-].[I-].[Ti+3]. The van der Waals surface area contributed by atoms with Gasteiger partial charge in [0.05, 0.1) is 0 Å². The minimum absolute atomic E-state index is 0. The normalized spacial score (nSPS) is 16.1. The van der Waals surface area contributed by atoms with E-state index in [4.69, 9.17) is 0 Å².